The van der Waals surface area contributed by atoms with Gasteiger partial charge in [-0.05, 0) is 56.5 Å². The van der Waals surface area contributed by atoms with Gasteiger partial charge >= 0.3 is 5.97 Å². The fourth-order valence-corrected chi connectivity index (χ4v) is 3.12. The van der Waals surface area contributed by atoms with Crippen LogP contribution in [0.4, 0.5) is 0 Å². The van der Waals surface area contributed by atoms with Crippen LogP contribution >= 0.6 is 0 Å². The van der Waals surface area contributed by atoms with E-state index in [2.05, 4.69) is 10.2 Å². The van der Waals surface area contributed by atoms with Crippen molar-refractivity contribution in [3.8, 4) is 11.1 Å². The lowest BCUT2D eigenvalue weighted by atomic mass is 9.81. The van der Waals surface area contributed by atoms with Crippen molar-refractivity contribution in [3.05, 3.63) is 53.7 Å². The molecule has 1 heterocycles. The smallest absolute Gasteiger partial charge is 0.318 e. The first-order chi connectivity index (χ1) is 13.5. The lowest BCUT2D eigenvalue weighted by Gasteiger charge is -2.31. The molecule has 0 aliphatic rings. The number of carbonyl (C=O) groups excluding carboxylic acids is 2. The van der Waals surface area contributed by atoms with Crippen LogP contribution < -0.4 is 11.5 Å². The van der Waals surface area contributed by atoms with Crippen molar-refractivity contribution in [2.24, 2.45) is 11.5 Å². The average Bonchev–Trinajstić information content (AvgIpc) is 3.09. The number of primary amides is 1. The number of aromatic nitrogens is 2. The molecular formula is C22H26N4O3. The molecule has 0 bridgehead atoms. The molecule has 1 amide bonds. The van der Waals surface area contributed by atoms with Crippen LogP contribution in [0.3, 0.4) is 0 Å². The molecule has 3 rings (SSSR count). The number of benzene rings is 2. The topological polar surface area (TPSA) is 124 Å². The van der Waals surface area contributed by atoms with Gasteiger partial charge in [0.2, 0.25) is 0 Å². The minimum absolute atomic E-state index is 0.129. The number of hydrogen-bond donors (Lipinski definition) is 3. The highest BCUT2D eigenvalue weighted by Gasteiger charge is 2.37. The number of aromatic amines is 1. The van der Waals surface area contributed by atoms with Crippen LogP contribution in [0.15, 0.2) is 42.5 Å². The van der Waals surface area contributed by atoms with E-state index in [-0.39, 0.29) is 18.2 Å². The van der Waals surface area contributed by atoms with Gasteiger partial charge in [0.05, 0.1) is 5.52 Å². The standard InChI is InChI=1S/C22H26N4O3/c1-21(2,3)29-20(28)22(4,12-23)15-8-5-13(6-9-15)14-7-10-17-16(11-14)18(19(24)27)26-25-17/h5-11H,12,23H2,1-4H3,(H2,24,27)(H,25,26). The fourth-order valence-electron chi connectivity index (χ4n) is 3.12. The summed E-state index contributed by atoms with van der Waals surface area (Å²) in [7, 11) is 0. The maximum Gasteiger partial charge on any atom is 0.318 e. The normalized spacial score (nSPS) is 13.8. The van der Waals surface area contributed by atoms with Crippen LogP contribution in [0.1, 0.15) is 43.7 Å². The fraction of sp³-hybridized carbons (Fsp3) is 0.318. The maximum absolute atomic E-state index is 12.7. The van der Waals surface area contributed by atoms with E-state index in [1.807, 2.05) is 63.2 Å². The Labute approximate surface area is 169 Å². The van der Waals surface area contributed by atoms with Crippen molar-refractivity contribution in [2.75, 3.05) is 6.54 Å². The Morgan fingerprint density at radius 3 is 2.21 bits per heavy atom. The average molecular weight is 394 g/mol. The number of hydrogen-bond acceptors (Lipinski definition) is 5. The Balaban J connectivity index is 1.95. The van der Waals surface area contributed by atoms with Crippen LogP contribution in [0.25, 0.3) is 22.0 Å². The monoisotopic (exact) mass is 394 g/mol. The number of carbonyl (C=O) groups is 2. The summed E-state index contributed by atoms with van der Waals surface area (Å²) in [6, 6.07) is 13.2. The largest absolute Gasteiger partial charge is 0.459 e. The van der Waals surface area contributed by atoms with Crippen molar-refractivity contribution in [1.29, 1.82) is 0 Å². The molecular weight excluding hydrogens is 368 g/mol. The molecule has 3 aromatic rings. The highest BCUT2D eigenvalue weighted by atomic mass is 16.6. The Kier molecular flexibility index (Phi) is 5.19. The number of rotatable bonds is 5. The predicted octanol–water partition coefficient (Wildman–Crippen LogP) is 2.89. The van der Waals surface area contributed by atoms with Crippen molar-refractivity contribution in [3.63, 3.8) is 0 Å². The summed E-state index contributed by atoms with van der Waals surface area (Å²) >= 11 is 0. The first-order valence-electron chi connectivity index (χ1n) is 9.37. The van der Waals surface area contributed by atoms with Gasteiger partial charge in [-0.2, -0.15) is 5.10 Å². The molecule has 0 saturated carbocycles. The van der Waals surface area contributed by atoms with Crippen LogP contribution in [-0.2, 0) is 14.9 Å². The lowest BCUT2D eigenvalue weighted by molar-refractivity contribution is -0.161. The van der Waals surface area contributed by atoms with E-state index in [0.29, 0.717) is 5.39 Å². The first kappa shape index (κ1) is 20.5. The van der Waals surface area contributed by atoms with Gasteiger partial charge in [0.15, 0.2) is 5.69 Å². The summed E-state index contributed by atoms with van der Waals surface area (Å²) in [5.74, 6) is -0.939. The second-order valence-corrected chi connectivity index (χ2v) is 8.31. The molecule has 5 N–H and O–H groups in total. The Hall–Kier alpha value is -3.19. The van der Waals surface area contributed by atoms with E-state index in [9.17, 15) is 9.59 Å². The van der Waals surface area contributed by atoms with E-state index < -0.39 is 16.9 Å². The second-order valence-electron chi connectivity index (χ2n) is 8.31. The maximum atomic E-state index is 12.7. The molecule has 0 aliphatic carbocycles. The molecule has 7 nitrogen and oxygen atoms in total. The first-order valence-corrected chi connectivity index (χ1v) is 9.37. The van der Waals surface area contributed by atoms with Gasteiger partial charge in [0.25, 0.3) is 5.91 Å². The number of nitrogens with one attached hydrogen (secondary N) is 1. The molecule has 0 spiro atoms. The van der Waals surface area contributed by atoms with Crippen LogP contribution in [0.2, 0.25) is 0 Å². The number of fused-ring (bicyclic) bond motifs is 1. The minimum Gasteiger partial charge on any atom is -0.459 e. The zero-order chi connectivity index (χ0) is 21.4. The summed E-state index contributed by atoms with van der Waals surface area (Å²) in [6.45, 7) is 7.41. The zero-order valence-electron chi connectivity index (χ0n) is 17.1. The Morgan fingerprint density at radius 1 is 1.03 bits per heavy atom. The number of ether oxygens (including phenoxy) is 1. The van der Waals surface area contributed by atoms with Crippen LogP contribution in [-0.4, -0.2) is 34.2 Å². The molecule has 7 heteroatoms. The molecule has 152 valence electrons. The molecule has 0 aliphatic heterocycles. The van der Waals surface area contributed by atoms with Crippen molar-refractivity contribution in [1.82, 2.24) is 10.2 Å². The SMILES string of the molecule is CC(C)(C)OC(=O)C(C)(CN)c1ccc(-c2ccc3[nH]nc(C(N)=O)c3c2)cc1. The number of nitrogens with zero attached hydrogens (tertiary/aromatic N) is 1. The van der Waals surface area contributed by atoms with E-state index >= 15 is 0 Å². The van der Waals surface area contributed by atoms with Gasteiger partial charge in [-0.15, -0.1) is 0 Å². The molecule has 2 aromatic carbocycles. The van der Waals surface area contributed by atoms with Crippen molar-refractivity contribution >= 4 is 22.8 Å². The Morgan fingerprint density at radius 2 is 1.66 bits per heavy atom. The molecule has 29 heavy (non-hydrogen) atoms. The third-order valence-corrected chi connectivity index (χ3v) is 4.91. The van der Waals surface area contributed by atoms with Gasteiger partial charge in [-0.25, -0.2) is 0 Å². The van der Waals surface area contributed by atoms with Gasteiger partial charge < -0.3 is 16.2 Å². The zero-order valence-corrected chi connectivity index (χ0v) is 17.1. The summed E-state index contributed by atoms with van der Waals surface area (Å²) in [5.41, 5.74) is 13.4. The highest BCUT2D eigenvalue weighted by molar-refractivity contribution is 6.04. The van der Waals surface area contributed by atoms with Gasteiger partial charge in [0, 0.05) is 11.9 Å². The van der Waals surface area contributed by atoms with Gasteiger partial charge in [0.1, 0.15) is 11.0 Å². The molecule has 1 unspecified atom stereocenters. The molecule has 1 aromatic heterocycles. The van der Waals surface area contributed by atoms with Crippen LogP contribution in [0.5, 0.6) is 0 Å². The second kappa shape index (κ2) is 7.33. The molecule has 0 fully saturated rings. The van der Waals surface area contributed by atoms with Gasteiger partial charge in [-0.1, -0.05) is 30.3 Å². The quantitative estimate of drug-likeness (QED) is 0.574. The van der Waals surface area contributed by atoms with E-state index in [4.69, 9.17) is 16.2 Å². The molecule has 1 atom stereocenters. The lowest BCUT2D eigenvalue weighted by Crippen LogP contribution is -2.44. The summed E-state index contributed by atoms with van der Waals surface area (Å²) in [6.07, 6.45) is 0. The third-order valence-electron chi connectivity index (χ3n) is 4.91. The number of nitrogens with two attached hydrogens (primary N) is 2. The van der Waals surface area contributed by atoms with Crippen LogP contribution in [0, 0.1) is 0 Å². The summed E-state index contributed by atoms with van der Waals surface area (Å²) < 4.78 is 5.56. The number of esters is 1. The van der Waals surface area contributed by atoms with E-state index in [1.165, 1.54) is 0 Å². The molecule has 0 saturated heterocycles. The number of amides is 1. The van der Waals surface area contributed by atoms with E-state index in [0.717, 1.165) is 22.2 Å². The Bertz CT molecular complexity index is 1060. The summed E-state index contributed by atoms with van der Waals surface area (Å²) in [4.78, 5) is 24.3. The van der Waals surface area contributed by atoms with Gasteiger partial charge in [-0.3, -0.25) is 14.7 Å². The predicted molar refractivity (Wildman–Crippen MR) is 112 cm³/mol. The van der Waals surface area contributed by atoms with Crippen molar-refractivity contribution in [2.45, 2.75) is 38.7 Å². The number of H-pyrrole nitrogens is 1. The molecule has 0 radical (unpaired) electrons. The van der Waals surface area contributed by atoms with Crippen molar-refractivity contribution < 1.29 is 14.3 Å². The summed E-state index contributed by atoms with van der Waals surface area (Å²) in [5, 5.41) is 7.44. The highest BCUT2D eigenvalue weighted by Crippen LogP contribution is 2.30. The third kappa shape index (κ3) is 4.00. The van der Waals surface area contributed by atoms with E-state index in [1.54, 1.807) is 6.92 Å². The minimum atomic E-state index is -0.945.